The van der Waals surface area contributed by atoms with E-state index in [1.807, 2.05) is 42.5 Å². The van der Waals surface area contributed by atoms with Crippen molar-refractivity contribution >= 4 is 21.4 Å². The van der Waals surface area contributed by atoms with Gasteiger partial charge in [-0.3, -0.25) is 4.79 Å². The molecule has 0 bridgehead atoms. The zero-order valence-corrected chi connectivity index (χ0v) is 15.0. The maximum absolute atomic E-state index is 12.0. The summed E-state index contributed by atoms with van der Waals surface area (Å²) in [6, 6.07) is 16.4. The van der Waals surface area contributed by atoms with E-state index in [2.05, 4.69) is 10.3 Å². The van der Waals surface area contributed by atoms with Gasteiger partial charge in [-0.2, -0.15) is 0 Å². The number of hydrogen-bond donors (Lipinski definition) is 1. The highest BCUT2D eigenvalue weighted by Crippen LogP contribution is 2.22. The zero-order valence-electron chi connectivity index (χ0n) is 14.2. The molecule has 6 nitrogen and oxygen atoms in total. The molecule has 1 amide bonds. The van der Waals surface area contributed by atoms with Gasteiger partial charge in [0.2, 0.25) is 5.91 Å². The summed E-state index contributed by atoms with van der Waals surface area (Å²) < 4.78 is 28.5. The van der Waals surface area contributed by atoms with Crippen molar-refractivity contribution in [3.63, 3.8) is 0 Å². The third-order valence-electron chi connectivity index (χ3n) is 3.72. The number of sulfone groups is 1. The van der Waals surface area contributed by atoms with Gasteiger partial charge in [-0.15, -0.1) is 0 Å². The Morgan fingerprint density at radius 1 is 1.08 bits per heavy atom. The fraction of sp³-hybridized carbons (Fsp3) is 0.158. The van der Waals surface area contributed by atoms with E-state index >= 15 is 0 Å². The molecule has 134 valence electrons. The van der Waals surface area contributed by atoms with Crippen LogP contribution in [0.1, 0.15) is 12.2 Å². The van der Waals surface area contributed by atoms with Crippen molar-refractivity contribution < 1.29 is 17.6 Å². The van der Waals surface area contributed by atoms with Crippen LogP contribution in [0.4, 0.5) is 5.69 Å². The van der Waals surface area contributed by atoms with Crippen molar-refractivity contribution in [3.8, 4) is 11.3 Å². The molecule has 1 aromatic carbocycles. The fourth-order valence-corrected chi connectivity index (χ4v) is 2.96. The number of rotatable bonds is 6. The van der Waals surface area contributed by atoms with Gasteiger partial charge in [0, 0.05) is 24.7 Å². The summed E-state index contributed by atoms with van der Waals surface area (Å²) in [5, 5.41) is 2.66. The molecule has 0 aliphatic heterocycles. The lowest BCUT2D eigenvalue weighted by molar-refractivity contribution is -0.116. The van der Waals surface area contributed by atoms with Crippen molar-refractivity contribution in [1.29, 1.82) is 0 Å². The molecule has 0 atom stereocenters. The summed E-state index contributed by atoms with van der Waals surface area (Å²) in [6.45, 7) is 0. The van der Waals surface area contributed by atoms with Crippen LogP contribution in [0.5, 0.6) is 0 Å². The highest BCUT2D eigenvalue weighted by atomic mass is 32.2. The number of furan rings is 1. The fourth-order valence-electron chi connectivity index (χ4n) is 2.40. The Bertz CT molecular complexity index is 994. The molecule has 26 heavy (non-hydrogen) atoms. The summed E-state index contributed by atoms with van der Waals surface area (Å²) in [7, 11) is -3.35. The number of benzene rings is 1. The lowest BCUT2D eigenvalue weighted by Crippen LogP contribution is -2.12. The Hall–Kier alpha value is -2.93. The van der Waals surface area contributed by atoms with Gasteiger partial charge < -0.3 is 9.73 Å². The molecule has 2 heterocycles. The lowest BCUT2D eigenvalue weighted by Gasteiger charge is -2.05. The molecule has 2 aromatic heterocycles. The summed E-state index contributed by atoms with van der Waals surface area (Å²) in [5.74, 6) is 1.29. The van der Waals surface area contributed by atoms with E-state index in [0.717, 1.165) is 23.3 Å². The van der Waals surface area contributed by atoms with Crippen LogP contribution in [0.15, 0.2) is 70.2 Å². The first kappa shape index (κ1) is 17.9. The predicted octanol–water partition coefficient (Wildman–Crippen LogP) is 3.32. The number of pyridine rings is 1. The van der Waals surface area contributed by atoms with E-state index < -0.39 is 9.84 Å². The topological polar surface area (TPSA) is 89.3 Å². The second-order valence-corrected chi connectivity index (χ2v) is 7.80. The van der Waals surface area contributed by atoms with Crippen molar-refractivity contribution in [3.05, 3.63) is 66.6 Å². The third kappa shape index (κ3) is 4.58. The SMILES string of the molecule is CS(=O)(=O)c1ccc(NC(=O)CCc2ccc(-c3ccccc3)o2)cn1. The molecular weight excluding hydrogens is 352 g/mol. The summed E-state index contributed by atoms with van der Waals surface area (Å²) >= 11 is 0. The molecule has 0 aliphatic rings. The van der Waals surface area contributed by atoms with Crippen LogP contribution in [0.3, 0.4) is 0 Å². The van der Waals surface area contributed by atoms with Gasteiger partial charge in [0.25, 0.3) is 0 Å². The molecule has 0 saturated carbocycles. The summed E-state index contributed by atoms with van der Waals surface area (Å²) in [5.41, 5.74) is 1.44. The van der Waals surface area contributed by atoms with E-state index in [9.17, 15) is 13.2 Å². The molecule has 1 N–H and O–H groups in total. The van der Waals surface area contributed by atoms with Crippen LogP contribution in [0.25, 0.3) is 11.3 Å². The molecule has 0 aliphatic carbocycles. The minimum Gasteiger partial charge on any atom is -0.461 e. The Kier molecular flexibility index (Phi) is 5.18. The van der Waals surface area contributed by atoms with E-state index in [1.165, 1.54) is 18.3 Å². The van der Waals surface area contributed by atoms with E-state index in [0.29, 0.717) is 12.1 Å². The first-order valence-electron chi connectivity index (χ1n) is 8.02. The number of aryl methyl sites for hydroxylation is 1. The van der Waals surface area contributed by atoms with Crippen LogP contribution in [-0.4, -0.2) is 25.6 Å². The van der Waals surface area contributed by atoms with Crippen LogP contribution in [0.2, 0.25) is 0 Å². The van der Waals surface area contributed by atoms with Crippen LogP contribution < -0.4 is 5.32 Å². The van der Waals surface area contributed by atoms with Crippen molar-refractivity contribution in [2.75, 3.05) is 11.6 Å². The molecule has 0 fully saturated rings. The van der Waals surface area contributed by atoms with Crippen LogP contribution in [-0.2, 0) is 21.1 Å². The molecule has 0 spiro atoms. The normalized spacial score (nSPS) is 11.3. The second kappa shape index (κ2) is 7.53. The standard InChI is InChI=1S/C19H18N2O4S/c1-26(23,24)19-12-7-15(13-20-19)21-18(22)11-9-16-8-10-17(25-16)14-5-3-2-4-6-14/h2-8,10,12-13H,9,11H2,1H3,(H,21,22). The highest BCUT2D eigenvalue weighted by molar-refractivity contribution is 7.90. The molecule has 0 radical (unpaired) electrons. The quantitative estimate of drug-likeness (QED) is 0.719. The largest absolute Gasteiger partial charge is 0.461 e. The average Bonchev–Trinajstić information content (AvgIpc) is 3.09. The number of hydrogen-bond acceptors (Lipinski definition) is 5. The third-order valence-corrected chi connectivity index (χ3v) is 4.72. The first-order valence-corrected chi connectivity index (χ1v) is 9.91. The van der Waals surface area contributed by atoms with Gasteiger partial charge in [0.05, 0.1) is 11.9 Å². The Morgan fingerprint density at radius 2 is 1.85 bits per heavy atom. The molecule has 7 heteroatoms. The van der Waals surface area contributed by atoms with Crippen LogP contribution in [0, 0.1) is 0 Å². The number of carbonyl (C=O) groups is 1. The molecule has 0 unspecified atom stereocenters. The van der Waals surface area contributed by atoms with E-state index in [-0.39, 0.29) is 17.4 Å². The van der Waals surface area contributed by atoms with Gasteiger partial charge in [0.1, 0.15) is 11.5 Å². The summed E-state index contributed by atoms with van der Waals surface area (Å²) in [6.07, 6.45) is 3.12. The first-order chi connectivity index (χ1) is 12.4. The van der Waals surface area contributed by atoms with Gasteiger partial charge in [-0.25, -0.2) is 13.4 Å². The Labute approximate surface area is 151 Å². The monoisotopic (exact) mass is 370 g/mol. The second-order valence-electron chi connectivity index (χ2n) is 5.84. The van der Waals surface area contributed by atoms with Crippen molar-refractivity contribution in [1.82, 2.24) is 4.98 Å². The zero-order chi connectivity index (χ0) is 18.6. The van der Waals surface area contributed by atoms with Crippen molar-refractivity contribution in [2.24, 2.45) is 0 Å². The van der Waals surface area contributed by atoms with Gasteiger partial charge in [-0.05, 0) is 24.3 Å². The van der Waals surface area contributed by atoms with Crippen LogP contribution >= 0.6 is 0 Å². The number of nitrogens with zero attached hydrogens (tertiary/aromatic N) is 1. The molecule has 3 rings (SSSR count). The maximum Gasteiger partial charge on any atom is 0.224 e. The predicted molar refractivity (Wildman–Crippen MR) is 98.4 cm³/mol. The molecular formula is C19H18N2O4S. The molecule has 3 aromatic rings. The number of aromatic nitrogens is 1. The number of amides is 1. The number of anilines is 1. The number of nitrogens with one attached hydrogen (secondary N) is 1. The van der Waals surface area contributed by atoms with Crippen molar-refractivity contribution in [2.45, 2.75) is 17.9 Å². The van der Waals surface area contributed by atoms with Gasteiger partial charge in [-0.1, -0.05) is 30.3 Å². The van der Waals surface area contributed by atoms with E-state index in [4.69, 9.17) is 4.42 Å². The minimum absolute atomic E-state index is 0.0282. The minimum atomic E-state index is -3.35. The Balaban J connectivity index is 1.55. The van der Waals surface area contributed by atoms with Gasteiger partial charge >= 0.3 is 0 Å². The highest BCUT2D eigenvalue weighted by Gasteiger charge is 2.10. The Morgan fingerprint density at radius 3 is 2.50 bits per heavy atom. The average molecular weight is 370 g/mol. The smallest absolute Gasteiger partial charge is 0.224 e. The maximum atomic E-state index is 12.0. The molecule has 0 saturated heterocycles. The lowest BCUT2D eigenvalue weighted by atomic mass is 10.2. The number of carbonyl (C=O) groups excluding carboxylic acids is 1. The summed E-state index contributed by atoms with van der Waals surface area (Å²) in [4.78, 5) is 15.9. The van der Waals surface area contributed by atoms with Gasteiger partial charge in [0.15, 0.2) is 14.9 Å². The van der Waals surface area contributed by atoms with E-state index in [1.54, 1.807) is 0 Å².